The standard InChI is InChI=1S/C9H6BrClN2O.C2H6/c1-13-7-3-8(11)12-4-5(7)2-6(10)9(13)14;1-2/h2-4H,1H3;1-2H3. The van der Waals surface area contributed by atoms with Crippen LogP contribution in [0, 0.1) is 0 Å². The summed E-state index contributed by atoms with van der Waals surface area (Å²) in [6.45, 7) is 4.00. The topological polar surface area (TPSA) is 34.9 Å². The molecule has 86 valence electrons. The molecule has 0 atom stereocenters. The zero-order valence-corrected chi connectivity index (χ0v) is 11.6. The molecule has 16 heavy (non-hydrogen) atoms. The van der Waals surface area contributed by atoms with E-state index in [1.54, 1.807) is 25.4 Å². The number of fused-ring (bicyclic) bond motifs is 1. The van der Waals surface area contributed by atoms with Crippen LogP contribution < -0.4 is 5.56 Å². The summed E-state index contributed by atoms with van der Waals surface area (Å²) in [4.78, 5) is 15.5. The molecule has 0 saturated heterocycles. The molecule has 0 fully saturated rings. The third kappa shape index (κ3) is 2.44. The molecule has 0 aliphatic rings. The molecule has 2 rings (SSSR count). The summed E-state index contributed by atoms with van der Waals surface area (Å²) < 4.78 is 2.06. The summed E-state index contributed by atoms with van der Waals surface area (Å²) in [6, 6.07) is 3.41. The van der Waals surface area contributed by atoms with E-state index in [0.29, 0.717) is 9.63 Å². The zero-order valence-electron chi connectivity index (χ0n) is 9.29. The largest absolute Gasteiger partial charge is 0.310 e. The van der Waals surface area contributed by atoms with Crippen LogP contribution in [-0.2, 0) is 7.05 Å². The normalized spacial score (nSPS) is 9.81. The van der Waals surface area contributed by atoms with Gasteiger partial charge in [-0.2, -0.15) is 0 Å². The van der Waals surface area contributed by atoms with Crippen LogP contribution in [0.1, 0.15) is 13.8 Å². The zero-order chi connectivity index (χ0) is 12.3. The Balaban J connectivity index is 0.000000606. The number of rotatable bonds is 0. The Hall–Kier alpha value is -0.870. The fraction of sp³-hybridized carbons (Fsp3) is 0.273. The summed E-state index contributed by atoms with van der Waals surface area (Å²) in [5.74, 6) is 0. The van der Waals surface area contributed by atoms with Crippen LogP contribution in [-0.4, -0.2) is 9.55 Å². The molecule has 0 bridgehead atoms. The highest BCUT2D eigenvalue weighted by Gasteiger charge is 2.04. The van der Waals surface area contributed by atoms with E-state index in [4.69, 9.17) is 11.6 Å². The Morgan fingerprint density at radius 1 is 1.38 bits per heavy atom. The van der Waals surface area contributed by atoms with Gasteiger partial charge in [-0.15, -0.1) is 0 Å². The molecular weight excluding hydrogens is 291 g/mol. The summed E-state index contributed by atoms with van der Waals surface area (Å²) in [5, 5.41) is 1.26. The number of aryl methyl sites for hydroxylation is 1. The number of aromatic nitrogens is 2. The van der Waals surface area contributed by atoms with E-state index >= 15 is 0 Å². The first-order chi connectivity index (χ1) is 7.59. The number of hydrogen-bond donors (Lipinski definition) is 0. The number of pyridine rings is 2. The third-order valence-corrected chi connectivity index (χ3v) is 2.81. The van der Waals surface area contributed by atoms with Crippen molar-refractivity contribution in [3.05, 3.63) is 38.3 Å². The quantitative estimate of drug-likeness (QED) is 0.699. The number of nitrogens with zero attached hydrogens (tertiary/aromatic N) is 2. The third-order valence-electron chi connectivity index (χ3n) is 2.03. The van der Waals surface area contributed by atoms with Crippen LogP contribution in [0.25, 0.3) is 10.9 Å². The predicted octanol–water partition coefficient (Wildman–Crippen LogP) is 3.38. The smallest absolute Gasteiger partial charge is 0.265 e. The molecule has 0 aromatic carbocycles. The van der Waals surface area contributed by atoms with Crippen LogP contribution in [0.5, 0.6) is 0 Å². The van der Waals surface area contributed by atoms with Gasteiger partial charge in [-0.1, -0.05) is 25.4 Å². The van der Waals surface area contributed by atoms with Crippen molar-refractivity contribution in [3.8, 4) is 0 Å². The molecule has 0 radical (unpaired) electrons. The molecule has 5 heteroatoms. The maximum absolute atomic E-state index is 11.5. The van der Waals surface area contributed by atoms with Gasteiger partial charge in [0.2, 0.25) is 0 Å². The van der Waals surface area contributed by atoms with Crippen LogP contribution in [0.15, 0.2) is 27.6 Å². The molecule has 0 N–H and O–H groups in total. The van der Waals surface area contributed by atoms with Crippen molar-refractivity contribution in [2.24, 2.45) is 7.05 Å². The van der Waals surface area contributed by atoms with E-state index in [9.17, 15) is 4.79 Å². The molecule has 2 aromatic heterocycles. The van der Waals surface area contributed by atoms with Crippen molar-refractivity contribution in [1.82, 2.24) is 9.55 Å². The van der Waals surface area contributed by atoms with Gasteiger partial charge in [0, 0.05) is 18.6 Å². The minimum absolute atomic E-state index is 0.0835. The Morgan fingerprint density at radius 3 is 2.62 bits per heavy atom. The summed E-state index contributed by atoms with van der Waals surface area (Å²) in [5.41, 5.74) is 0.693. The van der Waals surface area contributed by atoms with E-state index in [0.717, 1.165) is 10.9 Å². The SMILES string of the molecule is CC.Cn1c(=O)c(Br)cc2cnc(Cl)cc21. The average molecular weight is 304 g/mol. The second-order valence-corrected chi connectivity index (χ2v) is 4.16. The van der Waals surface area contributed by atoms with Gasteiger partial charge in [0.1, 0.15) is 5.15 Å². The molecule has 2 heterocycles. The van der Waals surface area contributed by atoms with Gasteiger partial charge in [-0.25, -0.2) is 4.98 Å². The molecule has 0 unspecified atom stereocenters. The first-order valence-corrected chi connectivity index (χ1v) is 6.07. The Bertz CT molecular complexity index is 566. The van der Waals surface area contributed by atoms with E-state index in [2.05, 4.69) is 20.9 Å². The lowest BCUT2D eigenvalue weighted by Gasteiger charge is -2.04. The lowest BCUT2D eigenvalue weighted by atomic mass is 10.3. The molecule has 0 spiro atoms. The fourth-order valence-corrected chi connectivity index (χ4v) is 1.97. The predicted molar refractivity (Wildman–Crippen MR) is 71.0 cm³/mol. The number of hydrogen-bond acceptors (Lipinski definition) is 2. The molecular formula is C11H12BrClN2O. The number of halogens is 2. The lowest BCUT2D eigenvalue weighted by Crippen LogP contribution is -2.17. The second kappa shape index (κ2) is 5.46. The average Bonchev–Trinajstić information content (AvgIpc) is 2.30. The first kappa shape index (κ1) is 13.2. The highest BCUT2D eigenvalue weighted by atomic mass is 79.9. The maximum Gasteiger partial charge on any atom is 0.265 e. The molecule has 0 amide bonds. The maximum atomic E-state index is 11.5. The minimum Gasteiger partial charge on any atom is -0.310 e. The molecule has 0 aliphatic carbocycles. The van der Waals surface area contributed by atoms with Crippen molar-refractivity contribution in [1.29, 1.82) is 0 Å². The summed E-state index contributed by atoms with van der Waals surface area (Å²) >= 11 is 8.94. The highest BCUT2D eigenvalue weighted by Crippen LogP contribution is 2.17. The molecule has 0 saturated carbocycles. The van der Waals surface area contributed by atoms with Crippen LogP contribution in [0.2, 0.25) is 5.15 Å². The lowest BCUT2D eigenvalue weighted by molar-refractivity contribution is 0.898. The van der Waals surface area contributed by atoms with Gasteiger partial charge in [0.05, 0.1) is 9.99 Å². The summed E-state index contributed by atoms with van der Waals surface area (Å²) in [6.07, 6.45) is 1.64. The van der Waals surface area contributed by atoms with Gasteiger partial charge in [-0.05, 0) is 28.1 Å². The first-order valence-electron chi connectivity index (χ1n) is 4.90. The fourth-order valence-electron chi connectivity index (χ4n) is 1.30. The van der Waals surface area contributed by atoms with Crippen LogP contribution in [0.4, 0.5) is 0 Å². The Kier molecular flexibility index (Phi) is 4.50. The van der Waals surface area contributed by atoms with Crippen molar-refractivity contribution in [3.63, 3.8) is 0 Å². The van der Waals surface area contributed by atoms with Gasteiger partial charge in [0.15, 0.2) is 0 Å². The Morgan fingerprint density at radius 2 is 2.00 bits per heavy atom. The highest BCUT2D eigenvalue weighted by molar-refractivity contribution is 9.10. The molecule has 3 nitrogen and oxygen atoms in total. The van der Waals surface area contributed by atoms with E-state index in [1.807, 2.05) is 13.8 Å². The second-order valence-electron chi connectivity index (χ2n) is 2.92. The van der Waals surface area contributed by atoms with Crippen molar-refractivity contribution in [2.45, 2.75) is 13.8 Å². The van der Waals surface area contributed by atoms with Crippen LogP contribution in [0.3, 0.4) is 0 Å². The monoisotopic (exact) mass is 302 g/mol. The van der Waals surface area contributed by atoms with Crippen LogP contribution >= 0.6 is 27.5 Å². The van der Waals surface area contributed by atoms with Crippen molar-refractivity contribution >= 4 is 38.4 Å². The van der Waals surface area contributed by atoms with Gasteiger partial charge >= 0.3 is 0 Å². The molecule has 0 aliphatic heterocycles. The van der Waals surface area contributed by atoms with Gasteiger partial charge < -0.3 is 4.57 Å². The molecule has 2 aromatic rings. The minimum atomic E-state index is -0.0835. The van der Waals surface area contributed by atoms with E-state index < -0.39 is 0 Å². The van der Waals surface area contributed by atoms with Gasteiger partial charge in [0.25, 0.3) is 5.56 Å². The summed E-state index contributed by atoms with van der Waals surface area (Å²) in [7, 11) is 1.70. The van der Waals surface area contributed by atoms with Gasteiger partial charge in [-0.3, -0.25) is 4.79 Å². The van der Waals surface area contributed by atoms with E-state index in [1.165, 1.54) is 4.57 Å². The van der Waals surface area contributed by atoms with Crippen molar-refractivity contribution < 1.29 is 0 Å². The van der Waals surface area contributed by atoms with E-state index in [-0.39, 0.29) is 5.56 Å². The Labute approximate surface area is 107 Å². The van der Waals surface area contributed by atoms with Crippen molar-refractivity contribution in [2.75, 3.05) is 0 Å².